The molecule has 3 rings (SSSR count). The number of hydrogen-bond donors (Lipinski definition) is 1. The summed E-state index contributed by atoms with van der Waals surface area (Å²) < 4.78 is 30.4. The number of pyridine rings is 1. The molecule has 0 fully saturated rings. The molecule has 0 bridgehead atoms. The van der Waals surface area contributed by atoms with Gasteiger partial charge >= 0.3 is 5.97 Å². The maximum atomic E-state index is 12.9. The second-order valence-electron chi connectivity index (χ2n) is 5.74. The van der Waals surface area contributed by atoms with Crippen molar-refractivity contribution in [3.63, 3.8) is 0 Å². The van der Waals surface area contributed by atoms with Gasteiger partial charge in [0.15, 0.2) is 21.0 Å². The predicted octanol–water partition coefficient (Wildman–Crippen LogP) is 2.30. The van der Waals surface area contributed by atoms with Crippen molar-refractivity contribution in [3.05, 3.63) is 45.6 Å². The van der Waals surface area contributed by atoms with Gasteiger partial charge in [0, 0.05) is 11.6 Å². The van der Waals surface area contributed by atoms with Crippen LogP contribution in [-0.2, 0) is 21.2 Å². The van der Waals surface area contributed by atoms with Crippen molar-refractivity contribution < 1.29 is 23.1 Å². The van der Waals surface area contributed by atoms with Crippen molar-refractivity contribution in [1.29, 1.82) is 0 Å². The second-order valence-corrected chi connectivity index (χ2v) is 8.16. The lowest BCUT2D eigenvalue weighted by Crippen LogP contribution is -2.17. The van der Waals surface area contributed by atoms with E-state index in [1.165, 1.54) is 42.0 Å². The van der Waals surface area contributed by atoms with Crippen molar-refractivity contribution >= 4 is 49.2 Å². The molecule has 0 atom stereocenters. The molecular weight excluding hydrogens is 382 g/mol. The fourth-order valence-corrected chi connectivity index (χ4v) is 3.78. The molecule has 136 valence electrons. The molecule has 0 radical (unpaired) electrons. The van der Waals surface area contributed by atoms with Gasteiger partial charge in [-0.3, -0.25) is 9.59 Å². The number of aromatic nitrogens is 1. The number of aliphatic carboxylic acids is 1. The van der Waals surface area contributed by atoms with Crippen LogP contribution in [0.3, 0.4) is 0 Å². The van der Waals surface area contributed by atoms with Crippen LogP contribution in [0, 0.1) is 0 Å². The first-order valence-corrected chi connectivity index (χ1v) is 9.66. The van der Waals surface area contributed by atoms with E-state index in [0.717, 1.165) is 6.26 Å². The van der Waals surface area contributed by atoms with Crippen LogP contribution in [0.5, 0.6) is 5.75 Å². The Balaban J connectivity index is 2.63. The van der Waals surface area contributed by atoms with Gasteiger partial charge in [0.1, 0.15) is 6.54 Å². The summed E-state index contributed by atoms with van der Waals surface area (Å²) in [6.07, 6.45) is 1.03. The van der Waals surface area contributed by atoms with E-state index in [0.29, 0.717) is 0 Å². The molecule has 0 amide bonds. The number of ether oxygens (including phenoxy) is 1. The number of benzene rings is 2. The molecule has 0 aliphatic rings. The van der Waals surface area contributed by atoms with Crippen molar-refractivity contribution in [2.24, 2.45) is 0 Å². The molecule has 0 aliphatic carbocycles. The maximum absolute atomic E-state index is 12.9. The standard InChI is InChI=1S/C17H14ClNO6S/c1-25-17-12(18)6-5-11-15(17)19(8-14(20)21)13-7-9(26(2,23)24)3-4-10(13)16(11)22/h3-7H,8H2,1-2H3,(H,20,21). The Labute approximate surface area is 153 Å². The highest BCUT2D eigenvalue weighted by Crippen LogP contribution is 2.34. The SMILES string of the molecule is COc1c(Cl)ccc2c(=O)c3ccc(S(C)(=O)=O)cc3n(CC(=O)O)c12. The number of methoxy groups -OCH3 is 1. The van der Waals surface area contributed by atoms with E-state index in [1.54, 1.807) is 0 Å². The smallest absolute Gasteiger partial charge is 0.323 e. The highest BCUT2D eigenvalue weighted by atomic mass is 35.5. The van der Waals surface area contributed by atoms with E-state index < -0.39 is 22.4 Å². The lowest BCUT2D eigenvalue weighted by atomic mass is 10.1. The number of carbonyl (C=O) groups is 1. The molecule has 0 unspecified atom stereocenters. The zero-order valence-electron chi connectivity index (χ0n) is 13.8. The number of sulfone groups is 1. The van der Waals surface area contributed by atoms with Crippen molar-refractivity contribution in [3.8, 4) is 5.75 Å². The topological polar surface area (TPSA) is 103 Å². The normalized spacial score (nSPS) is 11.8. The third kappa shape index (κ3) is 2.91. The van der Waals surface area contributed by atoms with Gasteiger partial charge in [0.05, 0.1) is 33.4 Å². The summed E-state index contributed by atoms with van der Waals surface area (Å²) in [6.45, 7) is -0.503. The molecule has 3 aromatic rings. The average molecular weight is 396 g/mol. The van der Waals surface area contributed by atoms with Crippen molar-refractivity contribution in [2.75, 3.05) is 13.4 Å². The summed E-state index contributed by atoms with van der Waals surface area (Å²) in [5.74, 6) is -1.02. The molecule has 26 heavy (non-hydrogen) atoms. The number of halogens is 1. The number of carboxylic acid groups (broad SMARTS) is 1. The van der Waals surface area contributed by atoms with Crippen LogP contribution in [0.1, 0.15) is 0 Å². The van der Waals surface area contributed by atoms with Gasteiger partial charge < -0.3 is 14.4 Å². The number of rotatable bonds is 4. The lowest BCUT2D eigenvalue weighted by molar-refractivity contribution is -0.137. The first-order valence-electron chi connectivity index (χ1n) is 7.39. The molecule has 0 saturated carbocycles. The number of nitrogens with zero attached hydrogens (tertiary/aromatic N) is 1. The van der Waals surface area contributed by atoms with Crippen LogP contribution in [0.15, 0.2) is 40.0 Å². The Morgan fingerprint density at radius 3 is 2.46 bits per heavy atom. The average Bonchev–Trinajstić information content (AvgIpc) is 2.56. The quantitative estimate of drug-likeness (QED) is 0.680. The first kappa shape index (κ1) is 18.2. The van der Waals surface area contributed by atoms with Crippen LogP contribution < -0.4 is 10.2 Å². The van der Waals surface area contributed by atoms with Gasteiger partial charge in [-0.05, 0) is 30.3 Å². The summed E-state index contributed by atoms with van der Waals surface area (Å²) in [5, 5.41) is 9.96. The summed E-state index contributed by atoms with van der Waals surface area (Å²) in [6, 6.07) is 6.97. The van der Waals surface area contributed by atoms with Gasteiger partial charge in [-0.1, -0.05) is 11.6 Å². The zero-order valence-corrected chi connectivity index (χ0v) is 15.4. The van der Waals surface area contributed by atoms with Gasteiger partial charge in [-0.15, -0.1) is 0 Å². The first-order chi connectivity index (χ1) is 12.1. The molecule has 1 heterocycles. The van der Waals surface area contributed by atoms with E-state index >= 15 is 0 Å². The molecule has 2 aromatic carbocycles. The summed E-state index contributed by atoms with van der Waals surface area (Å²) in [7, 11) is -2.20. The Bertz CT molecular complexity index is 1230. The van der Waals surface area contributed by atoms with Crippen LogP contribution in [-0.4, -0.2) is 37.4 Å². The molecular formula is C17H14ClNO6S. The van der Waals surface area contributed by atoms with Crippen LogP contribution in [0.2, 0.25) is 5.02 Å². The highest BCUT2D eigenvalue weighted by Gasteiger charge is 2.20. The van der Waals surface area contributed by atoms with Gasteiger partial charge in [0.2, 0.25) is 0 Å². The van der Waals surface area contributed by atoms with E-state index in [1.807, 2.05) is 0 Å². The molecule has 1 aromatic heterocycles. The second kappa shape index (κ2) is 6.30. The zero-order chi connectivity index (χ0) is 19.2. The lowest BCUT2D eigenvalue weighted by Gasteiger charge is -2.17. The summed E-state index contributed by atoms with van der Waals surface area (Å²) >= 11 is 6.14. The van der Waals surface area contributed by atoms with E-state index in [4.69, 9.17) is 16.3 Å². The van der Waals surface area contributed by atoms with Crippen LogP contribution in [0.4, 0.5) is 0 Å². The van der Waals surface area contributed by atoms with Crippen molar-refractivity contribution in [1.82, 2.24) is 4.57 Å². The summed E-state index contributed by atoms with van der Waals surface area (Å²) in [4.78, 5) is 24.2. The van der Waals surface area contributed by atoms with Gasteiger partial charge in [0.25, 0.3) is 0 Å². The Hall–Kier alpha value is -2.58. The number of carboxylic acids is 1. The molecule has 1 N–H and O–H groups in total. The Morgan fingerprint density at radius 2 is 1.88 bits per heavy atom. The summed E-state index contributed by atoms with van der Waals surface area (Å²) in [5.41, 5.74) is 0.00518. The van der Waals surface area contributed by atoms with Gasteiger partial charge in [-0.25, -0.2) is 8.42 Å². The molecule has 9 heteroatoms. The van der Waals surface area contributed by atoms with E-state index in [-0.39, 0.29) is 42.9 Å². The van der Waals surface area contributed by atoms with E-state index in [9.17, 15) is 23.1 Å². The minimum Gasteiger partial charge on any atom is -0.493 e. The monoisotopic (exact) mass is 395 g/mol. The van der Waals surface area contributed by atoms with Crippen LogP contribution >= 0.6 is 11.6 Å². The van der Waals surface area contributed by atoms with Crippen molar-refractivity contribution in [2.45, 2.75) is 11.4 Å². The number of fused-ring (bicyclic) bond motifs is 2. The third-order valence-corrected chi connectivity index (χ3v) is 5.44. The fourth-order valence-electron chi connectivity index (χ4n) is 2.91. The minimum atomic E-state index is -3.55. The Morgan fingerprint density at radius 1 is 1.23 bits per heavy atom. The molecule has 0 saturated heterocycles. The maximum Gasteiger partial charge on any atom is 0.323 e. The molecule has 7 nitrogen and oxygen atoms in total. The fraction of sp³-hybridized carbons (Fsp3) is 0.176. The third-order valence-electron chi connectivity index (χ3n) is 4.03. The highest BCUT2D eigenvalue weighted by molar-refractivity contribution is 7.90. The van der Waals surface area contributed by atoms with E-state index in [2.05, 4.69) is 0 Å². The molecule has 0 spiro atoms. The minimum absolute atomic E-state index is 0.0242. The predicted molar refractivity (Wildman–Crippen MR) is 98.0 cm³/mol. The number of hydrogen-bond acceptors (Lipinski definition) is 5. The Kier molecular flexibility index (Phi) is 4.41. The van der Waals surface area contributed by atoms with Crippen LogP contribution in [0.25, 0.3) is 21.8 Å². The van der Waals surface area contributed by atoms with Gasteiger partial charge in [-0.2, -0.15) is 0 Å². The molecule has 0 aliphatic heterocycles. The largest absolute Gasteiger partial charge is 0.493 e.